The largest absolute Gasteiger partial charge is 0.493 e. The zero-order valence-electron chi connectivity index (χ0n) is 28.5. The normalized spacial score (nSPS) is 15.6. The molecule has 272 valence electrons. The maximum atomic E-state index is 13.7. The van der Waals surface area contributed by atoms with Gasteiger partial charge in [0.25, 0.3) is 11.5 Å². The van der Waals surface area contributed by atoms with Crippen LogP contribution in [0.2, 0.25) is 0 Å². The second-order valence-corrected chi connectivity index (χ2v) is 12.5. The Morgan fingerprint density at radius 2 is 1.42 bits per heavy atom. The molecule has 1 unspecified atom stereocenters. The maximum Gasteiger partial charge on any atom is 0.430 e. The van der Waals surface area contributed by atoms with E-state index in [0.29, 0.717) is 43.7 Å². The van der Waals surface area contributed by atoms with Gasteiger partial charge < -0.3 is 14.6 Å². The highest BCUT2D eigenvalue weighted by atomic mass is 19.4. The van der Waals surface area contributed by atoms with Crippen molar-refractivity contribution in [1.82, 2.24) is 4.90 Å². The van der Waals surface area contributed by atoms with Gasteiger partial charge in [0.15, 0.2) is 0 Å². The molecule has 0 bridgehead atoms. The highest BCUT2D eigenvalue weighted by molar-refractivity contribution is 6.14. The highest BCUT2D eigenvalue weighted by Gasteiger charge is 2.71. The van der Waals surface area contributed by atoms with Gasteiger partial charge in [0.2, 0.25) is 0 Å². The van der Waals surface area contributed by atoms with E-state index in [2.05, 4.69) is 0 Å². The van der Waals surface area contributed by atoms with Crippen LogP contribution in [0.1, 0.15) is 74.3 Å². The Kier molecular flexibility index (Phi) is 12.1. The van der Waals surface area contributed by atoms with Crippen molar-refractivity contribution in [3.63, 3.8) is 0 Å². The minimum atomic E-state index is -6.00. The predicted molar refractivity (Wildman–Crippen MR) is 176 cm³/mol. The number of halogens is 6. The van der Waals surface area contributed by atoms with Gasteiger partial charge in [-0.15, -0.1) is 0 Å². The van der Waals surface area contributed by atoms with E-state index in [1.54, 1.807) is 45.0 Å². The lowest BCUT2D eigenvalue weighted by atomic mass is 9.87. The number of carbonyl (C=O) groups excluding carboxylic acids is 2. The quantitative estimate of drug-likeness (QED) is 0.0971. The third-order valence-corrected chi connectivity index (χ3v) is 8.61. The monoisotopic (exact) mass is 708 g/mol. The van der Waals surface area contributed by atoms with Crippen molar-refractivity contribution < 1.29 is 50.5 Å². The summed E-state index contributed by atoms with van der Waals surface area (Å²) in [6.45, 7) is 7.51. The van der Waals surface area contributed by atoms with E-state index in [1.807, 2.05) is 31.2 Å². The number of imide groups is 1. The summed E-state index contributed by atoms with van der Waals surface area (Å²) >= 11 is 0. The fourth-order valence-corrected chi connectivity index (χ4v) is 5.93. The van der Waals surface area contributed by atoms with Gasteiger partial charge in [-0.2, -0.15) is 26.3 Å². The van der Waals surface area contributed by atoms with Gasteiger partial charge in [0.05, 0.1) is 12.3 Å². The van der Waals surface area contributed by atoms with Crippen LogP contribution in [0.5, 0.6) is 11.5 Å². The number of rotatable bonds is 15. The molecule has 1 aliphatic heterocycles. The van der Waals surface area contributed by atoms with E-state index in [1.165, 1.54) is 4.90 Å². The second-order valence-electron chi connectivity index (χ2n) is 12.5. The lowest BCUT2D eigenvalue weighted by molar-refractivity contribution is -0.376. The predicted octanol–water partition coefficient (Wildman–Crippen LogP) is 8.81. The molecule has 7 nitrogen and oxygen atoms in total. The van der Waals surface area contributed by atoms with Crippen LogP contribution in [-0.2, 0) is 29.8 Å². The summed E-state index contributed by atoms with van der Waals surface area (Å²) in [5, 5.41) is 10.1. The van der Waals surface area contributed by atoms with E-state index < -0.39 is 35.6 Å². The van der Waals surface area contributed by atoms with Gasteiger partial charge in [-0.05, 0) is 80.5 Å². The molecule has 3 aromatic rings. The molecule has 0 aliphatic carbocycles. The first-order chi connectivity index (χ1) is 23.5. The van der Waals surface area contributed by atoms with Crippen molar-refractivity contribution in [3.05, 3.63) is 88.5 Å². The molecule has 1 saturated heterocycles. The molecule has 13 heteroatoms. The number of hydrogen-bond acceptors (Lipinski definition) is 5. The summed E-state index contributed by atoms with van der Waals surface area (Å²) in [5.41, 5.74) is -3.48. The average Bonchev–Trinajstić information content (AvgIpc) is 3.26. The number of aryl methyl sites for hydroxylation is 3. The number of anilines is 1. The molecule has 50 heavy (non-hydrogen) atoms. The van der Waals surface area contributed by atoms with Crippen molar-refractivity contribution in [2.24, 2.45) is 0 Å². The molecule has 0 aromatic heterocycles. The molecule has 1 heterocycles. The number of nitrogens with zero attached hydrogens (tertiary/aromatic N) is 2. The Morgan fingerprint density at radius 1 is 0.820 bits per heavy atom. The van der Waals surface area contributed by atoms with Gasteiger partial charge in [-0.3, -0.25) is 14.6 Å². The Morgan fingerprint density at radius 3 is 1.98 bits per heavy atom. The molecule has 1 atom stereocenters. The highest BCUT2D eigenvalue weighted by Crippen LogP contribution is 2.51. The standard InChI is InChI=1S/C37H42F6N2O5/c1-5-10-27-20-29(35(48,36(38,39)40)37(41,42)43)21-28(11-6-2)32(27)49-19-8-7-18-44-33(46)25(4)45(34(44)47)30-12-9-13-31(22-30)50-23-26-16-14-24(3)15-17-26/h9,12-17,20-22,25,48H,5-8,10-11,18-19,23H2,1-4H3. The lowest BCUT2D eigenvalue weighted by Gasteiger charge is -2.33. The van der Waals surface area contributed by atoms with Crippen molar-refractivity contribution in [2.45, 2.75) is 96.8 Å². The SMILES string of the molecule is CCCc1cc(C(O)(C(F)(F)F)C(F)(F)F)cc(CCC)c1OCCCCN1C(=O)C(C)N(c2cccc(OCc3ccc(C)cc3)c2)C1=O. The van der Waals surface area contributed by atoms with Crippen LogP contribution in [0.4, 0.5) is 36.8 Å². The number of ether oxygens (including phenoxy) is 2. The number of amides is 3. The molecular formula is C37H42F6N2O5. The topological polar surface area (TPSA) is 79.3 Å². The van der Waals surface area contributed by atoms with E-state index >= 15 is 0 Å². The third kappa shape index (κ3) is 8.20. The van der Waals surface area contributed by atoms with Crippen LogP contribution in [0, 0.1) is 6.92 Å². The molecule has 1 aliphatic rings. The van der Waals surface area contributed by atoms with Crippen molar-refractivity contribution in [3.8, 4) is 11.5 Å². The summed E-state index contributed by atoms with van der Waals surface area (Å²) in [5.74, 6) is 0.335. The van der Waals surface area contributed by atoms with Crippen LogP contribution in [0.25, 0.3) is 0 Å². The lowest BCUT2D eigenvalue weighted by Crippen LogP contribution is -2.54. The van der Waals surface area contributed by atoms with Gasteiger partial charge in [0.1, 0.15) is 24.1 Å². The van der Waals surface area contributed by atoms with Crippen LogP contribution in [-0.4, -0.2) is 53.5 Å². The fraction of sp³-hybridized carbons (Fsp3) is 0.459. The van der Waals surface area contributed by atoms with Crippen molar-refractivity contribution in [2.75, 3.05) is 18.1 Å². The van der Waals surface area contributed by atoms with E-state index in [4.69, 9.17) is 9.47 Å². The van der Waals surface area contributed by atoms with Crippen LogP contribution < -0.4 is 14.4 Å². The summed E-state index contributed by atoms with van der Waals surface area (Å²) < 4.78 is 94.0. The Hall–Kier alpha value is -4.26. The van der Waals surface area contributed by atoms with Gasteiger partial charge >= 0.3 is 18.4 Å². The summed E-state index contributed by atoms with van der Waals surface area (Å²) in [7, 11) is 0. The maximum absolute atomic E-state index is 13.7. The van der Waals surface area contributed by atoms with E-state index in [0.717, 1.165) is 28.2 Å². The molecular weight excluding hydrogens is 666 g/mol. The van der Waals surface area contributed by atoms with Gasteiger partial charge in [-0.1, -0.05) is 62.6 Å². The molecule has 0 radical (unpaired) electrons. The minimum Gasteiger partial charge on any atom is -0.493 e. The smallest absolute Gasteiger partial charge is 0.430 e. The van der Waals surface area contributed by atoms with Crippen LogP contribution >= 0.6 is 0 Å². The fourth-order valence-electron chi connectivity index (χ4n) is 5.93. The zero-order chi connectivity index (χ0) is 36.9. The van der Waals surface area contributed by atoms with Gasteiger partial charge in [0, 0.05) is 18.2 Å². The molecule has 1 fully saturated rings. The number of alkyl halides is 6. The molecule has 1 N–H and O–H groups in total. The van der Waals surface area contributed by atoms with Crippen LogP contribution in [0.15, 0.2) is 60.7 Å². The number of urea groups is 1. The first-order valence-electron chi connectivity index (χ1n) is 16.6. The number of benzene rings is 3. The summed E-state index contributed by atoms with van der Waals surface area (Å²) in [6.07, 6.45) is -10.3. The minimum absolute atomic E-state index is 0.0332. The van der Waals surface area contributed by atoms with Crippen molar-refractivity contribution in [1.29, 1.82) is 0 Å². The summed E-state index contributed by atoms with van der Waals surface area (Å²) in [6, 6.07) is 15.0. The Labute approximate surface area is 287 Å². The molecule has 4 rings (SSSR count). The third-order valence-electron chi connectivity index (χ3n) is 8.61. The molecule has 0 spiro atoms. The number of hydrogen-bond donors (Lipinski definition) is 1. The molecule has 3 amide bonds. The number of aliphatic hydroxyl groups is 1. The zero-order valence-corrected chi connectivity index (χ0v) is 28.5. The first-order valence-corrected chi connectivity index (χ1v) is 16.6. The molecule has 0 saturated carbocycles. The van der Waals surface area contributed by atoms with E-state index in [-0.39, 0.29) is 48.8 Å². The van der Waals surface area contributed by atoms with Crippen molar-refractivity contribution >= 4 is 17.6 Å². The van der Waals surface area contributed by atoms with Gasteiger partial charge in [-0.25, -0.2) is 4.79 Å². The Bertz CT molecular complexity index is 1600. The summed E-state index contributed by atoms with van der Waals surface area (Å²) in [4.78, 5) is 29.1. The Balaban J connectivity index is 1.42. The van der Waals surface area contributed by atoms with E-state index in [9.17, 15) is 41.0 Å². The van der Waals surface area contributed by atoms with Crippen LogP contribution in [0.3, 0.4) is 0 Å². The molecule has 3 aromatic carbocycles. The second kappa shape index (κ2) is 15.7. The number of carbonyl (C=O) groups is 2. The number of unbranched alkanes of at least 4 members (excludes halogenated alkanes) is 1. The average molecular weight is 709 g/mol. The first kappa shape index (κ1) is 38.5.